The number of aromatic nitrogens is 2. The van der Waals surface area contributed by atoms with Gasteiger partial charge in [0, 0.05) is 15.6 Å². The van der Waals surface area contributed by atoms with E-state index in [0.717, 1.165) is 22.4 Å². The molecule has 4 rings (SSSR count). The minimum absolute atomic E-state index is 0.167. The van der Waals surface area contributed by atoms with E-state index in [1.807, 2.05) is 38.1 Å². The highest BCUT2D eigenvalue weighted by atomic mass is 79.9. The number of hydrogen-bond donors (Lipinski definition) is 0. The van der Waals surface area contributed by atoms with Crippen LogP contribution in [0.4, 0.5) is 0 Å². The molecular formula is C33H36BrN3O6. The summed E-state index contributed by atoms with van der Waals surface area (Å²) in [5, 5.41) is 5.08. The summed E-state index contributed by atoms with van der Waals surface area (Å²) >= 11 is 3.50. The van der Waals surface area contributed by atoms with Crippen LogP contribution in [0.3, 0.4) is 0 Å². The highest BCUT2D eigenvalue weighted by molar-refractivity contribution is 9.10. The minimum atomic E-state index is -0.913. The Balaban J connectivity index is 1.94. The largest absolute Gasteiger partial charge is 0.494 e. The van der Waals surface area contributed by atoms with E-state index in [1.165, 1.54) is 18.0 Å². The molecule has 0 fully saturated rings. The number of carbonyl (C=O) groups excluding carboxylic acids is 1. The zero-order chi connectivity index (χ0) is 31.3. The maximum atomic E-state index is 13.9. The third-order valence-electron chi connectivity index (χ3n) is 6.77. The van der Waals surface area contributed by atoms with Crippen molar-refractivity contribution in [3.63, 3.8) is 0 Å². The van der Waals surface area contributed by atoms with Crippen molar-refractivity contribution in [2.24, 2.45) is 5.10 Å². The Morgan fingerprint density at radius 3 is 2.49 bits per heavy atom. The van der Waals surface area contributed by atoms with Gasteiger partial charge in [0.15, 0.2) is 23.4 Å². The zero-order valence-corrected chi connectivity index (χ0v) is 27.0. The number of fused-ring (bicyclic) bond motifs is 1. The number of benzene rings is 3. The molecule has 0 saturated carbocycles. The van der Waals surface area contributed by atoms with Gasteiger partial charge in [0.25, 0.3) is 5.56 Å². The Morgan fingerprint density at radius 2 is 1.81 bits per heavy atom. The number of esters is 1. The lowest BCUT2D eigenvalue weighted by Crippen LogP contribution is -2.26. The Kier molecular flexibility index (Phi) is 10.2. The molecule has 0 bridgehead atoms. The van der Waals surface area contributed by atoms with Gasteiger partial charge in [-0.3, -0.25) is 4.79 Å². The van der Waals surface area contributed by atoms with Crippen LogP contribution in [-0.4, -0.2) is 48.3 Å². The Hall–Kier alpha value is -4.18. The summed E-state index contributed by atoms with van der Waals surface area (Å²) in [7, 11) is 1.50. The van der Waals surface area contributed by atoms with Gasteiger partial charge in [0.2, 0.25) is 0 Å². The maximum Gasteiger partial charge on any atom is 0.347 e. The molecule has 1 heterocycles. The molecule has 3 aromatic carbocycles. The normalized spacial score (nSPS) is 12.1. The predicted octanol–water partition coefficient (Wildman–Crippen LogP) is 6.88. The standard InChI is InChI=1S/C33H36BrN3O6/c1-8-41-28-14-20(5)26(17-25(28)19(3)4)31-36-27-13-11-10-12-24(27)32(38)37(31)35-18-22-15-23(34)16-29(40-7)30(22)43-21(6)33(39)42-9-2/h10-19,21H,8-9H2,1-7H3/t21-/m0/s1. The molecule has 0 aliphatic heterocycles. The van der Waals surface area contributed by atoms with E-state index in [4.69, 9.17) is 23.9 Å². The van der Waals surface area contributed by atoms with Crippen LogP contribution in [0.2, 0.25) is 0 Å². The van der Waals surface area contributed by atoms with Gasteiger partial charge < -0.3 is 18.9 Å². The topological polar surface area (TPSA) is 101 Å². The quantitative estimate of drug-likeness (QED) is 0.129. The van der Waals surface area contributed by atoms with Crippen molar-refractivity contribution in [1.82, 2.24) is 9.66 Å². The van der Waals surface area contributed by atoms with Crippen molar-refractivity contribution in [2.45, 2.75) is 53.6 Å². The molecule has 43 heavy (non-hydrogen) atoms. The van der Waals surface area contributed by atoms with Gasteiger partial charge in [-0.05, 0) is 81.1 Å². The first-order valence-electron chi connectivity index (χ1n) is 14.1. The van der Waals surface area contributed by atoms with Crippen LogP contribution in [0.25, 0.3) is 22.3 Å². The lowest BCUT2D eigenvalue weighted by molar-refractivity contribution is -0.150. The number of para-hydroxylation sites is 1. The minimum Gasteiger partial charge on any atom is -0.494 e. The average molecular weight is 651 g/mol. The number of aryl methyl sites for hydroxylation is 1. The highest BCUT2D eigenvalue weighted by Gasteiger charge is 2.22. The van der Waals surface area contributed by atoms with E-state index in [9.17, 15) is 9.59 Å². The summed E-state index contributed by atoms with van der Waals surface area (Å²) in [6.07, 6.45) is 0.582. The van der Waals surface area contributed by atoms with Crippen molar-refractivity contribution < 1.29 is 23.7 Å². The first kappa shape index (κ1) is 31.7. The average Bonchev–Trinajstić information content (AvgIpc) is 2.97. The van der Waals surface area contributed by atoms with Crippen LogP contribution in [-0.2, 0) is 9.53 Å². The van der Waals surface area contributed by atoms with Crippen molar-refractivity contribution in [2.75, 3.05) is 20.3 Å². The van der Waals surface area contributed by atoms with E-state index in [2.05, 4.69) is 34.9 Å². The highest BCUT2D eigenvalue weighted by Crippen LogP contribution is 2.36. The van der Waals surface area contributed by atoms with Crippen LogP contribution in [0.5, 0.6) is 17.2 Å². The Labute approximate surface area is 259 Å². The lowest BCUT2D eigenvalue weighted by atomic mass is 9.96. The summed E-state index contributed by atoms with van der Waals surface area (Å²) < 4.78 is 24.6. The predicted molar refractivity (Wildman–Crippen MR) is 172 cm³/mol. The van der Waals surface area contributed by atoms with Crippen molar-refractivity contribution in [3.05, 3.63) is 80.0 Å². The molecule has 4 aromatic rings. The van der Waals surface area contributed by atoms with E-state index in [1.54, 1.807) is 38.1 Å². The Bertz CT molecular complexity index is 1730. The molecule has 0 amide bonds. The molecule has 0 saturated heterocycles. The number of nitrogens with zero attached hydrogens (tertiary/aromatic N) is 3. The van der Waals surface area contributed by atoms with Crippen LogP contribution in [0.1, 0.15) is 57.2 Å². The van der Waals surface area contributed by atoms with Gasteiger partial charge in [-0.1, -0.05) is 41.9 Å². The number of rotatable bonds is 11. The molecule has 226 valence electrons. The van der Waals surface area contributed by atoms with Crippen LogP contribution < -0.4 is 19.8 Å². The molecule has 0 aliphatic carbocycles. The van der Waals surface area contributed by atoms with Crippen LogP contribution in [0.15, 0.2) is 62.9 Å². The molecule has 1 aromatic heterocycles. The van der Waals surface area contributed by atoms with Gasteiger partial charge in [0.05, 0.1) is 37.4 Å². The SMILES string of the molecule is CCOC(=O)[C@H](C)Oc1c(C=Nn2c(-c3cc(C(C)C)c(OCC)cc3C)nc3ccccc3c2=O)cc(Br)cc1OC. The van der Waals surface area contributed by atoms with Gasteiger partial charge >= 0.3 is 5.97 Å². The molecule has 0 N–H and O–H groups in total. The first-order chi connectivity index (χ1) is 20.6. The van der Waals surface area contributed by atoms with Gasteiger partial charge in [-0.2, -0.15) is 9.78 Å². The number of halogens is 1. The smallest absolute Gasteiger partial charge is 0.347 e. The molecule has 10 heteroatoms. The first-order valence-corrected chi connectivity index (χ1v) is 14.9. The van der Waals surface area contributed by atoms with Crippen molar-refractivity contribution in [3.8, 4) is 28.6 Å². The molecule has 0 radical (unpaired) electrons. The van der Waals surface area contributed by atoms with Gasteiger partial charge in [-0.25, -0.2) is 9.78 Å². The maximum absolute atomic E-state index is 13.9. The number of hydrogen-bond acceptors (Lipinski definition) is 8. The fourth-order valence-electron chi connectivity index (χ4n) is 4.64. The summed E-state index contributed by atoms with van der Waals surface area (Å²) in [6.45, 7) is 12.2. The fraction of sp³-hybridized carbons (Fsp3) is 0.333. The molecule has 1 atom stereocenters. The molecule has 0 unspecified atom stereocenters. The van der Waals surface area contributed by atoms with E-state index < -0.39 is 12.1 Å². The third kappa shape index (κ3) is 6.91. The number of methoxy groups -OCH3 is 1. The summed E-state index contributed by atoms with van der Waals surface area (Å²) in [5.41, 5.74) is 3.34. The third-order valence-corrected chi connectivity index (χ3v) is 7.22. The van der Waals surface area contributed by atoms with Gasteiger partial charge in [0.1, 0.15) is 5.75 Å². The lowest BCUT2D eigenvalue weighted by Gasteiger charge is -2.19. The van der Waals surface area contributed by atoms with Crippen LogP contribution >= 0.6 is 15.9 Å². The second kappa shape index (κ2) is 13.9. The zero-order valence-electron chi connectivity index (χ0n) is 25.4. The molecular weight excluding hydrogens is 614 g/mol. The van der Waals surface area contributed by atoms with E-state index in [-0.39, 0.29) is 23.8 Å². The van der Waals surface area contributed by atoms with E-state index in [0.29, 0.717) is 39.1 Å². The molecule has 0 spiro atoms. The van der Waals surface area contributed by atoms with Crippen molar-refractivity contribution in [1.29, 1.82) is 0 Å². The second-order valence-corrected chi connectivity index (χ2v) is 11.1. The second-order valence-electron chi connectivity index (χ2n) is 10.1. The summed E-state index contributed by atoms with van der Waals surface area (Å²) in [5.74, 6) is 1.49. The van der Waals surface area contributed by atoms with E-state index >= 15 is 0 Å². The van der Waals surface area contributed by atoms with Crippen molar-refractivity contribution >= 4 is 39.0 Å². The van der Waals surface area contributed by atoms with Gasteiger partial charge in [-0.15, -0.1) is 0 Å². The number of ether oxygens (including phenoxy) is 4. The van der Waals surface area contributed by atoms with Crippen LogP contribution in [0, 0.1) is 6.92 Å². The fourth-order valence-corrected chi connectivity index (χ4v) is 5.10. The Morgan fingerprint density at radius 1 is 1.07 bits per heavy atom. The molecule has 0 aliphatic rings. The monoisotopic (exact) mass is 649 g/mol. The molecule has 9 nitrogen and oxygen atoms in total. The number of carbonyl (C=O) groups is 1. The summed E-state index contributed by atoms with van der Waals surface area (Å²) in [6, 6.07) is 14.6. The summed E-state index contributed by atoms with van der Waals surface area (Å²) in [4.78, 5) is 31.2.